The van der Waals surface area contributed by atoms with Gasteiger partial charge in [0.25, 0.3) is 0 Å². The van der Waals surface area contributed by atoms with Gasteiger partial charge in [0.1, 0.15) is 0 Å². The smallest absolute Gasteiger partial charge is 0.181 e. The first-order chi connectivity index (χ1) is 13.3. The third-order valence-electron chi connectivity index (χ3n) is 4.59. The second-order valence-corrected chi connectivity index (χ2v) is 12.2. The number of alkyl halides is 1. The van der Waals surface area contributed by atoms with Gasteiger partial charge in [0, 0.05) is 11.3 Å². The molecule has 10 heteroatoms. The molecule has 0 heterocycles. The summed E-state index contributed by atoms with van der Waals surface area (Å²) in [5, 5.41) is 22.0. The Hall–Kier alpha value is -1.14. The van der Waals surface area contributed by atoms with Gasteiger partial charge in [-0.15, -0.1) is 9.24 Å². The van der Waals surface area contributed by atoms with E-state index in [-0.39, 0.29) is 16.0 Å². The molecule has 0 amide bonds. The number of benzene rings is 2. The quantitative estimate of drug-likeness (QED) is 0.605. The fourth-order valence-corrected chi connectivity index (χ4v) is 5.13. The number of anilines is 1. The van der Waals surface area contributed by atoms with Crippen molar-refractivity contribution in [3.05, 3.63) is 53.6 Å². The van der Waals surface area contributed by atoms with Crippen molar-refractivity contribution >= 4 is 48.5 Å². The van der Waals surface area contributed by atoms with Crippen LogP contribution in [0.4, 0.5) is 10.1 Å². The molecular weight excluding hydrogens is 448 g/mol. The van der Waals surface area contributed by atoms with E-state index in [1.165, 1.54) is 31.2 Å². The molecule has 0 aliphatic carbocycles. The molecule has 5 unspecified atom stereocenters. The highest BCUT2D eigenvalue weighted by molar-refractivity contribution is 7.91. The third kappa shape index (κ3) is 6.17. The van der Waals surface area contributed by atoms with Crippen LogP contribution in [0.25, 0.3) is 0 Å². The molecule has 0 saturated carbocycles. The Kier molecular flexibility index (Phi) is 7.43. The number of halogens is 1. The van der Waals surface area contributed by atoms with Crippen LogP contribution in [-0.2, 0) is 15.0 Å². The van der Waals surface area contributed by atoms with Gasteiger partial charge in [-0.25, -0.2) is 12.8 Å². The number of sulfone groups is 1. The Balaban J connectivity index is 2.24. The van der Waals surface area contributed by atoms with Crippen LogP contribution in [0.15, 0.2) is 47.4 Å². The van der Waals surface area contributed by atoms with E-state index in [9.17, 15) is 23.2 Å². The molecule has 29 heavy (non-hydrogen) atoms. The minimum atomic E-state index is -3.72. The summed E-state index contributed by atoms with van der Waals surface area (Å²) in [7, 11) is 2.79. The van der Waals surface area contributed by atoms with Gasteiger partial charge in [0.15, 0.2) is 15.0 Å². The normalized spacial score (nSPS) is 15.2. The maximum atomic E-state index is 14.4. The van der Waals surface area contributed by atoms with Crippen molar-refractivity contribution in [1.82, 2.24) is 0 Å². The molecule has 5 atom stereocenters. The molecule has 0 fully saturated rings. The summed E-state index contributed by atoms with van der Waals surface area (Å²) in [6.45, 7) is 3.07. The molecule has 5 nitrogen and oxygen atoms in total. The summed E-state index contributed by atoms with van der Waals surface area (Å²) in [5.41, 5.74) is -0.815. The van der Waals surface area contributed by atoms with E-state index in [0.717, 1.165) is 5.30 Å². The predicted octanol–water partition coefficient (Wildman–Crippen LogP) is 2.91. The van der Waals surface area contributed by atoms with Crippen LogP contribution in [-0.4, -0.2) is 30.9 Å². The molecule has 156 valence electrons. The Morgan fingerprint density at radius 3 is 2.34 bits per heavy atom. The first-order valence-corrected chi connectivity index (χ1v) is 12.0. The van der Waals surface area contributed by atoms with Gasteiger partial charge in [-0.1, -0.05) is 30.6 Å². The highest BCUT2D eigenvalue weighted by Crippen LogP contribution is 2.42. The second kappa shape index (κ2) is 8.93. The monoisotopic (exact) mass is 472 g/mol. The van der Waals surface area contributed by atoms with Crippen molar-refractivity contribution in [2.45, 2.75) is 35.5 Å². The number of nitrogens with one attached hydrogen (secondary N) is 1. The van der Waals surface area contributed by atoms with Crippen LogP contribution in [0.1, 0.15) is 25.0 Å². The summed E-state index contributed by atoms with van der Waals surface area (Å²) >= 11 is 0. The molecular formula is C19H24FN2O3P3S. The molecule has 0 radical (unpaired) electrons. The lowest BCUT2D eigenvalue weighted by Crippen LogP contribution is -2.47. The molecule has 0 saturated heterocycles. The van der Waals surface area contributed by atoms with Crippen molar-refractivity contribution in [2.24, 2.45) is 0 Å². The van der Waals surface area contributed by atoms with Crippen LogP contribution in [0.5, 0.6) is 0 Å². The number of nitrogens with zero attached hydrogens (tertiary/aromatic N) is 1. The summed E-state index contributed by atoms with van der Waals surface area (Å²) in [4.78, 5) is 0.130. The SMILES string of the molecule is CC(Nc1ccc(C#N)c(C(F)(P)P)c1)C(C)(O)CS(=O)(=O)c1ccc(P)cc1. The van der Waals surface area contributed by atoms with Crippen molar-refractivity contribution in [3.63, 3.8) is 0 Å². The minimum absolute atomic E-state index is 0.130. The second-order valence-electron chi connectivity index (χ2n) is 7.19. The van der Waals surface area contributed by atoms with Crippen molar-refractivity contribution in [2.75, 3.05) is 11.1 Å². The average molecular weight is 472 g/mol. The minimum Gasteiger partial charge on any atom is -0.387 e. The molecule has 0 aliphatic heterocycles. The molecule has 0 aliphatic rings. The van der Waals surface area contributed by atoms with Crippen LogP contribution in [0.3, 0.4) is 0 Å². The van der Waals surface area contributed by atoms with Gasteiger partial charge >= 0.3 is 0 Å². The van der Waals surface area contributed by atoms with E-state index in [1.807, 2.05) is 24.5 Å². The largest absolute Gasteiger partial charge is 0.387 e. The first-order valence-electron chi connectivity index (χ1n) is 8.65. The van der Waals surface area contributed by atoms with Gasteiger partial charge in [0.2, 0.25) is 0 Å². The van der Waals surface area contributed by atoms with Gasteiger partial charge in [-0.05, 0) is 49.5 Å². The Bertz CT molecular complexity index is 1030. The molecule has 2 rings (SSSR count). The zero-order valence-corrected chi connectivity index (χ0v) is 20.3. The summed E-state index contributed by atoms with van der Waals surface area (Å²) in [6, 6.07) is 12.1. The van der Waals surface area contributed by atoms with Gasteiger partial charge < -0.3 is 10.4 Å². The zero-order chi connectivity index (χ0) is 22.0. The van der Waals surface area contributed by atoms with E-state index >= 15 is 0 Å². The fraction of sp³-hybridized carbons (Fsp3) is 0.316. The summed E-state index contributed by atoms with van der Waals surface area (Å²) in [5.74, 6) is -0.492. The summed E-state index contributed by atoms with van der Waals surface area (Å²) < 4.78 is 39.8. The van der Waals surface area contributed by atoms with E-state index in [2.05, 4.69) is 14.6 Å². The standard InChI is InChI=1S/C19H24FN2O3P3S/c1-12(22-14-4-3-13(10-21)17(9-14)19(20,27)28)18(2,23)11-29(24,25)16-7-5-15(26)6-8-16/h3-9,12,22-23H,11,26-28H2,1-2H3. The molecule has 0 aromatic heterocycles. The first kappa shape index (κ1) is 24.1. The van der Waals surface area contributed by atoms with Gasteiger partial charge in [-0.3, -0.25) is 0 Å². The van der Waals surface area contributed by atoms with Crippen molar-refractivity contribution < 1.29 is 17.9 Å². The maximum Gasteiger partial charge on any atom is 0.181 e. The highest BCUT2D eigenvalue weighted by atomic mass is 32.2. The highest BCUT2D eigenvalue weighted by Gasteiger charge is 2.35. The number of hydrogen-bond donors (Lipinski definition) is 2. The predicted molar refractivity (Wildman–Crippen MR) is 125 cm³/mol. The van der Waals surface area contributed by atoms with Gasteiger partial charge in [0.05, 0.1) is 33.9 Å². The van der Waals surface area contributed by atoms with Gasteiger partial charge in [-0.2, -0.15) is 5.26 Å². The van der Waals surface area contributed by atoms with Crippen molar-refractivity contribution in [3.8, 4) is 6.07 Å². The molecule has 2 aromatic rings. The number of hydrogen-bond acceptors (Lipinski definition) is 5. The topological polar surface area (TPSA) is 90.2 Å². The van der Waals surface area contributed by atoms with E-state index in [0.29, 0.717) is 5.69 Å². The lowest BCUT2D eigenvalue weighted by molar-refractivity contribution is 0.0681. The number of rotatable bonds is 7. The Morgan fingerprint density at radius 1 is 1.24 bits per heavy atom. The lowest BCUT2D eigenvalue weighted by Gasteiger charge is -2.32. The Morgan fingerprint density at radius 2 is 1.83 bits per heavy atom. The Labute approximate surface area is 178 Å². The van der Waals surface area contributed by atoms with Crippen LogP contribution < -0.4 is 10.6 Å². The van der Waals surface area contributed by atoms with Crippen molar-refractivity contribution in [1.29, 1.82) is 5.26 Å². The van der Waals surface area contributed by atoms with Crippen LogP contribution in [0.2, 0.25) is 0 Å². The molecule has 0 spiro atoms. The third-order valence-corrected chi connectivity index (χ3v) is 7.55. The number of nitriles is 1. The van der Waals surface area contributed by atoms with E-state index in [4.69, 9.17) is 0 Å². The fourth-order valence-electron chi connectivity index (χ4n) is 2.72. The number of aliphatic hydroxyl groups is 1. The van der Waals surface area contributed by atoms with E-state index < -0.39 is 32.4 Å². The summed E-state index contributed by atoms with van der Waals surface area (Å²) in [6.07, 6.45) is 0. The van der Waals surface area contributed by atoms with Crippen LogP contribution >= 0.6 is 27.7 Å². The maximum absolute atomic E-state index is 14.4. The van der Waals surface area contributed by atoms with Crippen LogP contribution in [0, 0.1) is 11.3 Å². The zero-order valence-electron chi connectivity index (χ0n) is 16.1. The van der Waals surface area contributed by atoms with E-state index in [1.54, 1.807) is 25.1 Å². The average Bonchev–Trinajstić information content (AvgIpc) is 2.60. The molecule has 2 aromatic carbocycles. The molecule has 2 N–H and O–H groups in total. The lowest BCUT2D eigenvalue weighted by atomic mass is 9.99. The molecule has 0 bridgehead atoms.